The molecule has 1 aromatic carbocycles. The number of hydrazone groups is 1. The van der Waals surface area contributed by atoms with Crippen LogP contribution < -0.4 is 4.74 Å². The standard InChI is InChI=1S/C17H19N3O3S/c1-23-14-9-7-12(8-10-14)11-18-20-16(22)15(21)19(17(20)24)13-5-3-2-4-6-13/h7-11,13H,2-6H2,1H3/b18-11+. The van der Waals surface area contributed by atoms with Gasteiger partial charge in [0, 0.05) is 6.04 Å². The molecule has 2 fully saturated rings. The summed E-state index contributed by atoms with van der Waals surface area (Å²) in [6.07, 6.45) is 6.56. The number of thiocarbonyl (C=S) groups is 1. The van der Waals surface area contributed by atoms with Gasteiger partial charge in [-0.25, -0.2) is 0 Å². The van der Waals surface area contributed by atoms with Crippen LogP contribution in [0.4, 0.5) is 0 Å². The second-order valence-corrected chi connectivity index (χ2v) is 6.25. The fraction of sp³-hybridized carbons (Fsp3) is 0.412. The first-order chi connectivity index (χ1) is 11.6. The number of hydrogen-bond donors (Lipinski definition) is 0. The van der Waals surface area contributed by atoms with Crippen molar-refractivity contribution >= 4 is 35.4 Å². The third-order valence-electron chi connectivity index (χ3n) is 4.36. The number of ether oxygens (including phenoxy) is 1. The van der Waals surface area contributed by atoms with Gasteiger partial charge in [-0.2, -0.15) is 10.1 Å². The number of amides is 2. The van der Waals surface area contributed by atoms with Gasteiger partial charge in [0.2, 0.25) is 5.11 Å². The minimum Gasteiger partial charge on any atom is -0.497 e. The van der Waals surface area contributed by atoms with Gasteiger partial charge < -0.3 is 4.74 Å². The van der Waals surface area contributed by atoms with Crippen LogP contribution in [0, 0.1) is 0 Å². The van der Waals surface area contributed by atoms with E-state index in [9.17, 15) is 9.59 Å². The fourth-order valence-electron chi connectivity index (χ4n) is 3.05. The Hall–Kier alpha value is -2.28. The molecule has 0 bridgehead atoms. The van der Waals surface area contributed by atoms with Crippen LogP contribution in [-0.2, 0) is 9.59 Å². The predicted molar refractivity (Wildman–Crippen MR) is 93.8 cm³/mol. The third kappa shape index (κ3) is 3.17. The molecule has 1 aliphatic heterocycles. The normalized spacial score (nSPS) is 19.6. The van der Waals surface area contributed by atoms with E-state index < -0.39 is 11.8 Å². The van der Waals surface area contributed by atoms with Crippen molar-refractivity contribution in [3.63, 3.8) is 0 Å². The van der Waals surface area contributed by atoms with Gasteiger partial charge in [0.25, 0.3) is 0 Å². The monoisotopic (exact) mass is 345 g/mol. The molecule has 126 valence electrons. The highest BCUT2D eigenvalue weighted by Crippen LogP contribution is 2.27. The first kappa shape index (κ1) is 16.6. The number of rotatable bonds is 4. The van der Waals surface area contributed by atoms with Gasteiger partial charge in [0.15, 0.2) is 0 Å². The summed E-state index contributed by atoms with van der Waals surface area (Å²) in [7, 11) is 1.59. The van der Waals surface area contributed by atoms with E-state index in [1.165, 1.54) is 17.5 Å². The first-order valence-electron chi connectivity index (χ1n) is 8.01. The number of nitrogens with zero attached hydrogens (tertiary/aromatic N) is 3. The molecule has 0 radical (unpaired) electrons. The molecule has 1 aliphatic carbocycles. The largest absolute Gasteiger partial charge is 0.497 e. The van der Waals surface area contributed by atoms with Crippen LogP contribution in [0.3, 0.4) is 0 Å². The van der Waals surface area contributed by atoms with Crippen molar-refractivity contribution in [3.8, 4) is 5.75 Å². The molecule has 2 amide bonds. The van der Waals surface area contributed by atoms with E-state index >= 15 is 0 Å². The average molecular weight is 345 g/mol. The van der Waals surface area contributed by atoms with Crippen LogP contribution >= 0.6 is 12.2 Å². The maximum atomic E-state index is 12.3. The number of carbonyl (C=O) groups excluding carboxylic acids is 2. The van der Waals surface area contributed by atoms with Crippen molar-refractivity contribution in [2.75, 3.05) is 7.11 Å². The van der Waals surface area contributed by atoms with Crippen molar-refractivity contribution in [3.05, 3.63) is 29.8 Å². The minimum atomic E-state index is -0.685. The molecular formula is C17H19N3O3S. The van der Waals surface area contributed by atoms with Crippen molar-refractivity contribution in [1.82, 2.24) is 9.91 Å². The molecule has 1 aromatic rings. The van der Waals surface area contributed by atoms with Gasteiger partial charge in [0.1, 0.15) is 5.75 Å². The van der Waals surface area contributed by atoms with E-state index in [1.807, 2.05) is 12.1 Å². The van der Waals surface area contributed by atoms with Crippen molar-refractivity contribution < 1.29 is 14.3 Å². The molecular weight excluding hydrogens is 326 g/mol. The van der Waals surface area contributed by atoms with Gasteiger partial charge in [0.05, 0.1) is 13.3 Å². The molecule has 1 saturated heterocycles. The number of hydrogen-bond acceptors (Lipinski definition) is 5. The zero-order chi connectivity index (χ0) is 17.1. The van der Waals surface area contributed by atoms with Crippen LogP contribution in [0.25, 0.3) is 0 Å². The maximum absolute atomic E-state index is 12.3. The Kier molecular flexibility index (Phi) is 4.89. The van der Waals surface area contributed by atoms with Crippen molar-refractivity contribution in [2.24, 2.45) is 5.10 Å². The highest BCUT2D eigenvalue weighted by molar-refractivity contribution is 7.80. The molecule has 0 atom stereocenters. The van der Waals surface area contributed by atoms with Crippen molar-refractivity contribution in [1.29, 1.82) is 0 Å². The molecule has 0 aromatic heterocycles. The van der Waals surface area contributed by atoms with Gasteiger partial charge in [-0.15, -0.1) is 0 Å². The molecule has 6 nitrogen and oxygen atoms in total. The smallest absolute Gasteiger partial charge is 0.339 e. The summed E-state index contributed by atoms with van der Waals surface area (Å²) in [4.78, 5) is 25.9. The molecule has 0 unspecified atom stereocenters. The van der Waals surface area contributed by atoms with E-state index in [0.29, 0.717) is 0 Å². The van der Waals surface area contributed by atoms with Gasteiger partial charge in [-0.05, 0) is 54.9 Å². The van der Waals surface area contributed by atoms with E-state index in [0.717, 1.165) is 42.0 Å². The second kappa shape index (κ2) is 7.09. The van der Waals surface area contributed by atoms with Gasteiger partial charge >= 0.3 is 11.8 Å². The van der Waals surface area contributed by atoms with Crippen LogP contribution in [0.5, 0.6) is 5.75 Å². The summed E-state index contributed by atoms with van der Waals surface area (Å²) in [6.45, 7) is 0. The van der Waals surface area contributed by atoms with Gasteiger partial charge in [-0.1, -0.05) is 19.3 Å². The summed E-state index contributed by atoms with van der Waals surface area (Å²) in [5.41, 5.74) is 0.787. The summed E-state index contributed by atoms with van der Waals surface area (Å²) in [5, 5.41) is 5.33. The zero-order valence-corrected chi connectivity index (χ0v) is 14.3. The van der Waals surface area contributed by atoms with Crippen LogP contribution in [0.15, 0.2) is 29.4 Å². The number of methoxy groups -OCH3 is 1. The average Bonchev–Trinajstić information content (AvgIpc) is 2.83. The van der Waals surface area contributed by atoms with Crippen LogP contribution in [0.1, 0.15) is 37.7 Å². The number of benzene rings is 1. The highest BCUT2D eigenvalue weighted by Gasteiger charge is 2.45. The van der Waals surface area contributed by atoms with Crippen LogP contribution in [-0.4, -0.2) is 46.2 Å². The molecule has 24 heavy (non-hydrogen) atoms. The lowest BCUT2D eigenvalue weighted by molar-refractivity contribution is -0.144. The molecule has 0 N–H and O–H groups in total. The van der Waals surface area contributed by atoms with E-state index in [2.05, 4.69) is 5.10 Å². The first-order valence-corrected chi connectivity index (χ1v) is 8.42. The predicted octanol–water partition coefficient (Wildman–Crippen LogP) is 2.32. The summed E-state index contributed by atoms with van der Waals surface area (Å²) < 4.78 is 5.10. The van der Waals surface area contributed by atoms with E-state index in [1.54, 1.807) is 19.2 Å². The molecule has 3 rings (SSSR count). The minimum absolute atomic E-state index is 0.0175. The third-order valence-corrected chi connectivity index (χ3v) is 4.73. The Labute approximate surface area is 146 Å². The van der Waals surface area contributed by atoms with E-state index in [4.69, 9.17) is 17.0 Å². The number of carbonyl (C=O) groups is 2. The lowest BCUT2D eigenvalue weighted by Gasteiger charge is -2.29. The summed E-state index contributed by atoms with van der Waals surface area (Å²) in [6, 6.07) is 7.23. The molecule has 1 saturated carbocycles. The lowest BCUT2D eigenvalue weighted by atomic mass is 9.94. The zero-order valence-electron chi connectivity index (χ0n) is 13.5. The topological polar surface area (TPSA) is 62.2 Å². The highest BCUT2D eigenvalue weighted by atomic mass is 32.1. The lowest BCUT2D eigenvalue weighted by Crippen LogP contribution is -2.41. The Balaban J connectivity index is 1.75. The van der Waals surface area contributed by atoms with Crippen LogP contribution in [0.2, 0.25) is 0 Å². The van der Waals surface area contributed by atoms with Gasteiger partial charge in [-0.3, -0.25) is 14.5 Å². The summed E-state index contributed by atoms with van der Waals surface area (Å²) >= 11 is 5.33. The Morgan fingerprint density at radius 2 is 1.79 bits per heavy atom. The molecule has 1 heterocycles. The maximum Gasteiger partial charge on any atom is 0.339 e. The van der Waals surface area contributed by atoms with E-state index in [-0.39, 0.29) is 11.2 Å². The Morgan fingerprint density at radius 3 is 2.42 bits per heavy atom. The SMILES string of the molecule is COc1ccc(/C=N/N2C(=O)C(=O)N(C3CCCCC3)C2=S)cc1. The molecule has 7 heteroatoms. The Morgan fingerprint density at radius 1 is 1.12 bits per heavy atom. The summed E-state index contributed by atoms with van der Waals surface area (Å²) in [5.74, 6) is -0.521. The fourth-order valence-corrected chi connectivity index (χ4v) is 3.41. The van der Waals surface area contributed by atoms with Crippen molar-refractivity contribution in [2.45, 2.75) is 38.1 Å². The Bertz CT molecular complexity index is 681. The molecule has 0 spiro atoms. The second-order valence-electron chi connectivity index (χ2n) is 5.88. The molecule has 2 aliphatic rings. The quantitative estimate of drug-likeness (QED) is 0.477.